The maximum atomic E-state index is 6.61. The van der Waals surface area contributed by atoms with Crippen molar-refractivity contribution in [3.8, 4) is 33.4 Å². The average Bonchev–Trinajstić information content (AvgIpc) is 4.00. The molecule has 0 saturated heterocycles. The zero-order valence-corrected chi connectivity index (χ0v) is 28.9. The Kier molecular flexibility index (Phi) is 6.49. The number of rotatable bonds is 6. The molecule has 0 aliphatic heterocycles. The lowest BCUT2D eigenvalue weighted by atomic mass is 9.82. The molecule has 2 aliphatic rings. The predicted octanol–water partition coefficient (Wildman–Crippen LogP) is 14.0. The Morgan fingerprint density at radius 1 is 0.538 bits per heavy atom. The predicted molar refractivity (Wildman–Crippen MR) is 220 cm³/mol. The summed E-state index contributed by atoms with van der Waals surface area (Å²) in [5.74, 6) is 2.37. The highest BCUT2D eigenvalue weighted by atomic mass is 16.3. The molecule has 1 unspecified atom stereocenters. The minimum atomic E-state index is 0.553. The Balaban J connectivity index is 1.03. The van der Waals surface area contributed by atoms with E-state index in [9.17, 15) is 0 Å². The molecule has 52 heavy (non-hydrogen) atoms. The van der Waals surface area contributed by atoms with Crippen LogP contribution in [0.4, 0.5) is 0 Å². The third-order valence-electron chi connectivity index (χ3n) is 11.8. The van der Waals surface area contributed by atoms with Crippen LogP contribution >= 0.6 is 0 Å². The lowest BCUT2D eigenvalue weighted by Gasteiger charge is -2.21. The van der Waals surface area contributed by atoms with Gasteiger partial charge in [0.15, 0.2) is 0 Å². The van der Waals surface area contributed by atoms with Crippen molar-refractivity contribution in [3.05, 3.63) is 181 Å². The second-order valence-corrected chi connectivity index (χ2v) is 14.8. The summed E-state index contributed by atoms with van der Waals surface area (Å²) in [6.07, 6.45) is 8.14. The molecule has 1 heterocycles. The van der Waals surface area contributed by atoms with Crippen molar-refractivity contribution in [1.82, 2.24) is 0 Å². The van der Waals surface area contributed by atoms with Gasteiger partial charge in [0.05, 0.1) is 0 Å². The van der Waals surface area contributed by atoms with Crippen molar-refractivity contribution in [2.75, 3.05) is 0 Å². The fraction of sp³-hybridized carbons (Fsp3) is 0.0980. The average molecular weight is 665 g/mol. The van der Waals surface area contributed by atoms with E-state index >= 15 is 0 Å². The molecule has 1 nitrogen and oxygen atoms in total. The first kappa shape index (κ1) is 29.5. The molecule has 1 saturated carbocycles. The van der Waals surface area contributed by atoms with Crippen molar-refractivity contribution in [3.63, 3.8) is 0 Å². The standard InChI is InChI=1S/C51H36O/c1-2-31-12-27-48-46(28-31)47-30-38(32-13-14-32)29-45(51(47)52-48)35-17-15-34(16-18-35)40-23-19-36-22-26-44-42(24-20-37-21-25-43(40)49(36)50(37)44)41-11-7-6-10-39(41)33-8-4-3-5-9-33/h2-12,15-29,32,38H,1,13-14,30H2. The van der Waals surface area contributed by atoms with Gasteiger partial charge in [-0.25, -0.2) is 0 Å². The number of furan rings is 1. The maximum absolute atomic E-state index is 6.61. The van der Waals surface area contributed by atoms with E-state index in [1.807, 2.05) is 6.08 Å². The van der Waals surface area contributed by atoms with E-state index < -0.39 is 0 Å². The van der Waals surface area contributed by atoms with Crippen LogP contribution in [0.25, 0.3) is 88.3 Å². The van der Waals surface area contributed by atoms with E-state index in [2.05, 4.69) is 158 Å². The molecule has 1 heteroatoms. The second-order valence-electron chi connectivity index (χ2n) is 14.8. The van der Waals surface area contributed by atoms with Gasteiger partial charge in [0.2, 0.25) is 0 Å². The molecular weight excluding hydrogens is 629 g/mol. The van der Waals surface area contributed by atoms with Gasteiger partial charge in [-0.1, -0.05) is 152 Å². The van der Waals surface area contributed by atoms with Gasteiger partial charge in [-0.3, -0.25) is 0 Å². The summed E-state index contributed by atoms with van der Waals surface area (Å²) in [6.45, 7) is 4.01. The third-order valence-corrected chi connectivity index (χ3v) is 11.8. The fourth-order valence-corrected chi connectivity index (χ4v) is 9.06. The first-order valence-electron chi connectivity index (χ1n) is 18.6. The Labute approximate surface area is 303 Å². The molecular formula is C51H36O. The number of hydrogen-bond acceptors (Lipinski definition) is 1. The fourth-order valence-electron chi connectivity index (χ4n) is 9.06. The van der Waals surface area contributed by atoms with Crippen LogP contribution in [0.5, 0.6) is 0 Å². The molecule has 11 rings (SSSR count). The minimum Gasteiger partial charge on any atom is -0.456 e. The summed E-state index contributed by atoms with van der Waals surface area (Å²) >= 11 is 0. The van der Waals surface area contributed by atoms with Gasteiger partial charge < -0.3 is 4.42 Å². The number of benzene rings is 8. The van der Waals surface area contributed by atoms with Gasteiger partial charge in [0, 0.05) is 16.5 Å². The molecule has 246 valence electrons. The van der Waals surface area contributed by atoms with Gasteiger partial charge in [-0.05, 0) is 120 Å². The van der Waals surface area contributed by atoms with E-state index in [0.29, 0.717) is 5.92 Å². The molecule has 2 aliphatic carbocycles. The Morgan fingerprint density at radius 3 is 1.90 bits per heavy atom. The molecule has 8 aromatic carbocycles. The first-order valence-corrected chi connectivity index (χ1v) is 18.6. The van der Waals surface area contributed by atoms with Crippen molar-refractivity contribution < 1.29 is 4.42 Å². The van der Waals surface area contributed by atoms with Gasteiger partial charge in [-0.15, -0.1) is 0 Å². The Bertz CT molecular complexity index is 2880. The lowest BCUT2D eigenvalue weighted by Crippen LogP contribution is -2.11. The summed E-state index contributed by atoms with van der Waals surface area (Å²) in [5.41, 5.74) is 13.4. The topological polar surface area (TPSA) is 13.1 Å². The molecule has 0 bridgehead atoms. The summed E-state index contributed by atoms with van der Waals surface area (Å²) < 4.78 is 6.61. The number of hydrogen-bond donors (Lipinski definition) is 0. The Morgan fingerprint density at radius 2 is 1.17 bits per heavy atom. The van der Waals surface area contributed by atoms with Crippen LogP contribution in [0.15, 0.2) is 163 Å². The van der Waals surface area contributed by atoms with Crippen LogP contribution in [-0.4, -0.2) is 0 Å². The monoisotopic (exact) mass is 664 g/mol. The molecule has 0 spiro atoms. The largest absolute Gasteiger partial charge is 0.456 e. The zero-order chi connectivity index (χ0) is 34.3. The van der Waals surface area contributed by atoms with Crippen LogP contribution in [-0.2, 0) is 6.42 Å². The van der Waals surface area contributed by atoms with E-state index in [1.165, 1.54) is 101 Å². The zero-order valence-electron chi connectivity index (χ0n) is 28.9. The van der Waals surface area contributed by atoms with Crippen molar-refractivity contribution in [2.45, 2.75) is 19.3 Å². The van der Waals surface area contributed by atoms with E-state index in [0.717, 1.165) is 29.2 Å². The number of allylic oxidation sites excluding steroid dienone is 1. The normalized spacial score (nSPS) is 15.8. The van der Waals surface area contributed by atoms with Crippen molar-refractivity contribution >= 4 is 54.9 Å². The molecule has 0 radical (unpaired) electrons. The van der Waals surface area contributed by atoms with Crippen molar-refractivity contribution in [2.24, 2.45) is 11.8 Å². The first-order chi connectivity index (χ1) is 25.7. The molecule has 1 atom stereocenters. The third kappa shape index (κ3) is 4.55. The van der Waals surface area contributed by atoms with E-state index in [1.54, 1.807) is 0 Å². The molecule has 0 N–H and O–H groups in total. The smallest absolute Gasteiger partial charge is 0.138 e. The quantitative estimate of drug-likeness (QED) is 0.161. The van der Waals surface area contributed by atoms with Gasteiger partial charge in [0.25, 0.3) is 0 Å². The summed E-state index contributed by atoms with van der Waals surface area (Å²) in [6, 6.07) is 53.7. The van der Waals surface area contributed by atoms with Crippen molar-refractivity contribution in [1.29, 1.82) is 0 Å². The van der Waals surface area contributed by atoms with Gasteiger partial charge in [0.1, 0.15) is 11.3 Å². The van der Waals surface area contributed by atoms with Crippen LogP contribution in [0.3, 0.4) is 0 Å². The second kappa shape index (κ2) is 11.4. The highest BCUT2D eigenvalue weighted by Crippen LogP contribution is 2.48. The minimum absolute atomic E-state index is 0.553. The van der Waals surface area contributed by atoms with Gasteiger partial charge in [-0.2, -0.15) is 0 Å². The van der Waals surface area contributed by atoms with Crippen LogP contribution in [0.2, 0.25) is 0 Å². The molecule has 9 aromatic rings. The highest BCUT2D eigenvalue weighted by Gasteiger charge is 2.35. The summed E-state index contributed by atoms with van der Waals surface area (Å²) in [5, 5.41) is 9.05. The van der Waals surface area contributed by atoms with Crippen LogP contribution in [0.1, 0.15) is 35.3 Å². The molecule has 0 amide bonds. The molecule has 1 aromatic heterocycles. The van der Waals surface area contributed by atoms with E-state index in [-0.39, 0.29) is 0 Å². The SMILES string of the molecule is C=Cc1ccc2oc3c(c2c1)CC(C1CC1)C=C3c1ccc(-c2ccc3ccc4c(-c5ccccc5-c5ccccc5)ccc5ccc2c3c54)cc1. The van der Waals surface area contributed by atoms with Gasteiger partial charge >= 0.3 is 0 Å². The maximum Gasteiger partial charge on any atom is 0.138 e. The van der Waals surface area contributed by atoms with Crippen LogP contribution in [0, 0.1) is 11.8 Å². The highest BCUT2D eigenvalue weighted by molar-refractivity contribution is 6.27. The van der Waals surface area contributed by atoms with E-state index in [4.69, 9.17) is 4.42 Å². The lowest BCUT2D eigenvalue weighted by molar-refractivity contribution is 0.534. The van der Waals surface area contributed by atoms with Crippen LogP contribution < -0.4 is 0 Å². The summed E-state index contributed by atoms with van der Waals surface area (Å²) in [4.78, 5) is 0. The molecule has 1 fully saturated rings. The summed E-state index contributed by atoms with van der Waals surface area (Å²) in [7, 11) is 0. The number of fused-ring (bicyclic) bond motifs is 3. The Hall–Kier alpha value is -6.18.